The van der Waals surface area contributed by atoms with Gasteiger partial charge in [0.1, 0.15) is 6.04 Å². The van der Waals surface area contributed by atoms with Gasteiger partial charge in [0.25, 0.3) is 0 Å². The predicted molar refractivity (Wildman–Crippen MR) is 78.6 cm³/mol. The molecular formula is C14H17N3O4. The second-order valence-electron chi connectivity index (χ2n) is 4.07. The molecule has 1 aromatic carbocycles. The molecule has 0 spiro atoms. The van der Waals surface area contributed by atoms with Crippen LogP contribution in [0.25, 0.3) is 0 Å². The number of oxime groups is 1. The molecule has 0 bridgehead atoms. The normalized spacial score (nSPS) is 11.7. The molecule has 21 heavy (non-hydrogen) atoms. The average Bonchev–Trinajstić information content (AvgIpc) is 2.48. The molecule has 1 unspecified atom stereocenters. The van der Waals surface area contributed by atoms with Gasteiger partial charge in [-0.15, -0.1) is 6.58 Å². The number of hydrogen-bond acceptors (Lipinski definition) is 5. The molecule has 0 radical (unpaired) electrons. The van der Waals surface area contributed by atoms with E-state index in [0.29, 0.717) is 11.3 Å². The molecule has 2 amide bonds. The van der Waals surface area contributed by atoms with Crippen molar-refractivity contribution < 1.29 is 19.5 Å². The fraction of sp³-hybridized carbons (Fsp3) is 0.214. The number of anilines is 1. The first kappa shape index (κ1) is 16.2. The first-order valence-corrected chi connectivity index (χ1v) is 6.14. The quantitative estimate of drug-likeness (QED) is 0.244. The Balaban J connectivity index is 2.62. The molecule has 1 rings (SSSR count). The molecule has 112 valence electrons. The summed E-state index contributed by atoms with van der Waals surface area (Å²) in [5.74, 6) is -0.542. The number of amides is 2. The van der Waals surface area contributed by atoms with E-state index in [1.54, 1.807) is 24.3 Å². The van der Waals surface area contributed by atoms with Crippen molar-refractivity contribution in [2.45, 2.75) is 12.5 Å². The molecule has 0 aliphatic rings. The van der Waals surface area contributed by atoms with E-state index in [0.717, 1.165) is 0 Å². The molecule has 0 fully saturated rings. The van der Waals surface area contributed by atoms with Crippen molar-refractivity contribution in [3.05, 3.63) is 42.5 Å². The Morgan fingerprint density at radius 3 is 2.62 bits per heavy atom. The second-order valence-corrected chi connectivity index (χ2v) is 4.07. The fourth-order valence-electron chi connectivity index (χ4n) is 1.57. The van der Waals surface area contributed by atoms with Gasteiger partial charge in [-0.05, 0) is 24.1 Å². The summed E-state index contributed by atoms with van der Waals surface area (Å²) in [7, 11) is 1.25. The highest BCUT2D eigenvalue weighted by Crippen LogP contribution is 2.08. The summed E-state index contributed by atoms with van der Waals surface area (Å²) < 4.78 is 4.59. The number of ether oxygens (including phenoxy) is 1. The van der Waals surface area contributed by atoms with Gasteiger partial charge in [0.15, 0.2) is 0 Å². The van der Waals surface area contributed by atoms with Crippen LogP contribution in [0.15, 0.2) is 42.1 Å². The molecule has 0 saturated heterocycles. The van der Waals surface area contributed by atoms with E-state index in [9.17, 15) is 9.59 Å². The van der Waals surface area contributed by atoms with Gasteiger partial charge in [0.2, 0.25) is 0 Å². The summed E-state index contributed by atoms with van der Waals surface area (Å²) in [6.45, 7) is 3.52. The number of urea groups is 1. The van der Waals surface area contributed by atoms with Gasteiger partial charge in [-0.3, -0.25) is 0 Å². The number of rotatable bonds is 6. The third-order valence-corrected chi connectivity index (χ3v) is 2.57. The first-order chi connectivity index (χ1) is 10.1. The summed E-state index contributed by atoms with van der Waals surface area (Å²) >= 11 is 0. The number of esters is 1. The number of methoxy groups -OCH3 is 1. The van der Waals surface area contributed by atoms with Gasteiger partial charge < -0.3 is 20.6 Å². The zero-order chi connectivity index (χ0) is 15.7. The molecule has 1 aromatic rings. The lowest BCUT2D eigenvalue weighted by molar-refractivity contribution is -0.142. The van der Waals surface area contributed by atoms with Crippen molar-refractivity contribution in [1.82, 2.24) is 5.32 Å². The van der Waals surface area contributed by atoms with Gasteiger partial charge in [-0.1, -0.05) is 23.4 Å². The van der Waals surface area contributed by atoms with Gasteiger partial charge >= 0.3 is 12.0 Å². The van der Waals surface area contributed by atoms with Gasteiger partial charge in [0, 0.05) is 5.69 Å². The Morgan fingerprint density at radius 2 is 2.10 bits per heavy atom. The Hall–Kier alpha value is -2.83. The maximum absolute atomic E-state index is 11.8. The van der Waals surface area contributed by atoms with Crippen LogP contribution in [0.2, 0.25) is 0 Å². The van der Waals surface area contributed by atoms with Crippen molar-refractivity contribution in [1.29, 1.82) is 0 Å². The zero-order valence-corrected chi connectivity index (χ0v) is 11.6. The highest BCUT2D eigenvalue weighted by Gasteiger charge is 2.19. The number of carbonyl (C=O) groups is 2. The Morgan fingerprint density at radius 1 is 1.43 bits per heavy atom. The van der Waals surface area contributed by atoms with E-state index in [1.807, 2.05) is 0 Å². The number of carbonyl (C=O) groups excluding carboxylic acids is 2. The minimum Gasteiger partial charge on any atom is -0.467 e. The molecule has 0 saturated carbocycles. The van der Waals surface area contributed by atoms with Crippen LogP contribution >= 0.6 is 0 Å². The summed E-state index contributed by atoms with van der Waals surface area (Å²) in [5.41, 5.74) is 1.22. The molecule has 0 aliphatic carbocycles. The molecule has 7 heteroatoms. The standard InChI is InChI=1S/C14H17N3O4/c1-3-4-12(13(18)21-2)17-14(19)16-11-7-5-10(6-8-11)9-15-20/h3,5-9,12,20H,1,4H2,2H3,(H2,16,17,19)/b15-9+. The Labute approximate surface area is 122 Å². The number of benzene rings is 1. The summed E-state index contributed by atoms with van der Waals surface area (Å²) in [6, 6.07) is 5.28. The van der Waals surface area contributed by atoms with Crippen molar-refractivity contribution in [3.8, 4) is 0 Å². The van der Waals surface area contributed by atoms with Gasteiger partial charge in [-0.25, -0.2) is 9.59 Å². The number of hydrogen-bond donors (Lipinski definition) is 3. The SMILES string of the molecule is C=CCC(NC(=O)Nc1ccc(/C=N/O)cc1)C(=O)OC. The Kier molecular flexibility index (Phi) is 6.46. The summed E-state index contributed by atoms with van der Waals surface area (Å²) in [5, 5.41) is 16.4. The van der Waals surface area contributed by atoms with Crippen LogP contribution < -0.4 is 10.6 Å². The smallest absolute Gasteiger partial charge is 0.328 e. The monoisotopic (exact) mass is 291 g/mol. The van der Waals surface area contributed by atoms with Gasteiger partial charge in [0.05, 0.1) is 13.3 Å². The van der Waals surface area contributed by atoms with Crippen LogP contribution in [0.5, 0.6) is 0 Å². The maximum atomic E-state index is 11.8. The lowest BCUT2D eigenvalue weighted by atomic mass is 10.2. The molecule has 3 N–H and O–H groups in total. The van der Waals surface area contributed by atoms with Crippen LogP contribution in [-0.4, -0.2) is 36.6 Å². The van der Waals surface area contributed by atoms with E-state index in [2.05, 4.69) is 27.1 Å². The van der Waals surface area contributed by atoms with E-state index in [-0.39, 0.29) is 6.42 Å². The molecule has 7 nitrogen and oxygen atoms in total. The zero-order valence-electron chi connectivity index (χ0n) is 11.6. The minimum atomic E-state index is -0.784. The highest BCUT2D eigenvalue weighted by molar-refractivity contribution is 5.93. The maximum Gasteiger partial charge on any atom is 0.328 e. The van der Waals surface area contributed by atoms with Crippen LogP contribution in [0, 0.1) is 0 Å². The lowest BCUT2D eigenvalue weighted by Gasteiger charge is -2.15. The minimum absolute atomic E-state index is 0.270. The third-order valence-electron chi connectivity index (χ3n) is 2.57. The lowest BCUT2D eigenvalue weighted by Crippen LogP contribution is -2.43. The molecular weight excluding hydrogens is 274 g/mol. The van der Waals surface area contributed by atoms with Crippen molar-refractivity contribution in [2.75, 3.05) is 12.4 Å². The largest absolute Gasteiger partial charge is 0.467 e. The molecule has 1 atom stereocenters. The highest BCUT2D eigenvalue weighted by atomic mass is 16.5. The fourth-order valence-corrected chi connectivity index (χ4v) is 1.57. The molecule has 0 aromatic heterocycles. The number of nitrogens with one attached hydrogen (secondary N) is 2. The van der Waals surface area contributed by atoms with E-state index >= 15 is 0 Å². The van der Waals surface area contributed by atoms with Crippen molar-refractivity contribution in [2.24, 2.45) is 5.16 Å². The van der Waals surface area contributed by atoms with Gasteiger partial charge in [-0.2, -0.15) is 0 Å². The van der Waals surface area contributed by atoms with E-state index in [4.69, 9.17) is 5.21 Å². The van der Waals surface area contributed by atoms with E-state index in [1.165, 1.54) is 19.4 Å². The van der Waals surface area contributed by atoms with Crippen LogP contribution in [0.4, 0.5) is 10.5 Å². The number of nitrogens with zero attached hydrogens (tertiary/aromatic N) is 1. The molecule has 0 heterocycles. The summed E-state index contributed by atoms with van der Waals surface area (Å²) in [6.07, 6.45) is 3.05. The van der Waals surface area contributed by atoms with Crippen LogP contribution in [0.1, 0.15) is 12.0 Å². The third kappa shape index (κ3) is 5.35. The van der Waals surface area contributed by atoms with Crippen molar-refractivity contribution >= 4 is 23.9 Å². The molecule has 0 aliphatic heterocycles. The summed E-state index contributed by atoms with van der Waals surface area (Å²) in [4.78, 5) is 23.3. The average molecular weight is 291 g/mol. The van der Waals surface area contributed by atoms with Crippen LogP contribution in [0.3, 0.4) is 0 Å². The van der Waals surface area contributed by atoms with Crippen LogP contribution in [-0.2, 0) is 9.53 Å². The Bertz CT molecular complexity index is 526. The predicted octanol–water partition coefficient (Wildman–Crippen LogP) is 1.73. The van der Waals surface area contributed by atoms with Crippen molar-refractivity contribution in [3.63, 3.8) is 0 Å². The second kappa shape index (κ2) is 8.36. The van der Waals surface area contributed by atoms with E-state index < -0.39 is 18.0 Å². The topological polar surface area (TPSA) is 100 Å². The first-order valence-electron chi connectivity index (χ1n) is 6.14.